The average molecular weight is 297 g/mol. The van der Waals surface area contributed by atoms with Crippen LogP contribution >= 0.6 is 0 Å². The molecular formula is C15H23NO3S. The lowest BCUT2D eigenvalue weighted by molar-refractivity contribution is 0.0285. The SMILES string of the molecule is CC(C)(O)COc1cccc(C=NS(=O)C(C)(C)C)c1. The molecule has 0 aromatic heterocycles. The van der Waals surface area contributed by atoms with Crippen molar-refractivity contribution in [1.82, 2.24) is 0 Å². The Labute approximate surface area is 123 Å². The van der Waals surface area contributed by atoms with Crippen molar-refractivity contribution in [3.05, 3.63) is 29.8 Å². The van der Waals surface area contributed by atoms with E-state index in [1.165, 1.54) is 0 Å². The fraction of sp³-hybridized carbons (Fsp3) is 0.533. The molecule has 0 saturated heterocycles. The first-order valence-electron chi connectivity index (χ1n) is 6.49. The van der Waals surface area contributed by atoms with Gasteiger partial charge in [0.1, 0.15) is 23.3 Å². The van der Waals surface area contributed by atoms with Gasteiger partial charge >= 0.3 is 0 Å². The minimum Gasteiger partial charge on any atom is -0.491 e. The lowest BCUT2D eigenvalue weighted by Crippen LogP contribution is -2.27. The lowest BCUT2D eigenvalue weighted by atomic mass is 10.1. The number of hydrogen-bond acceptors (Lipinski definition) is 3. The third-order valence-electron chi connectivity index (χ3n) is 2.27. The molecule has 1 rings (SSSR count). The van der Waals surface area contributed by atoms with Crippen LogP contribution in [0.15, 0.2) is 28.7 Å². The predicted octanol–water partition coefficient (Wildman–Crippen LogP) is 2.72. The predicted molar refractivity (Wildman–Crippen MR) is 83.7 cm³/mol. The first-order valence-corrected chi connectivity index (χ1v) is 7.60. The van der Waals surface area contributed by atoms with Crippen molar-refractivity contribution >= 4 is 17.2 Å². The van der Waals surface area contributed by atoms with E-state index in [0.29, 0.717) is 5.75 Å². The third-order valence-corrected chi connectivity index (χ3v) is 3.62. The Kier molecular flexibility index (Phi) is 5.48. The minimum absolute atomic E-state index is 0.210. The van der Waals surface area contributed by atoms with Crippen molar-refractivity contribution in [1.29, 1.82) is 0 Å². The zero-order valence-electron chi connectivity index (χ0n) is 12.7. The first kappa shape index (κ1) is 16.9. The molecule has 0 spiro atoms. The molecule has 0 aliphatic heterocycles. The van der Waals surface area contributed by atoms with E-state index < -0.39 is 16.6 Å². The summed E-state index contributed by atoms with van der Waals surface area (Å²) in [6.45, 7) is 9.22. The van der Waals surface area contributed by atoms with E-state index in [2.05, 4.69) is 4.40 Å². The van der Waals surface area contributed by atoms with Crippen LogP contribution in [0.25, 0.3) is 0 Å². The summed E-state index contributed by atoms with van der Waals surface area (Å²) in [7, 11) is -1.27. The van der Waals surface area contributed by atoms with Crippen LogP contribution in [0.5, 0.6) is 5.75 Å². The summed E-state index contributed by atoms with van der Waals surface area (Å²) in [5.41, 5.74) is -0.0616. The van der Waals surface area contributed by atoms with Gasteiger partial charge in [-0.2, -0.15) is 4.40 Å². The Balaban J connectivity index is 2.74. The number of aliphatic hydroxyl groups is 1. The van der Waals surface area contributed by atoms with Crippen LogP contribution in [0.4, 0.5) is 0 Å². The number of benzene rings is 1. The first-order chi connectivity index (χ1) is 9.08. The number of ether oxygens (including phenoxy) is 1. The van der Waals surface area contributed by atoms with Crippen LogP contribution in [-0.4, -0.2) is 32.5 Å². The summed E-state index contributed by atoms with van der Waals surface area (Å²) < 4.78 is 21.0. The van der Waals surface area contributed by atoms with Crippen LogP contribution in [0, 0.1) is 0 Å². The highest BCUT2D eigenvalue weighted by Gasteiger charge is 2.18. The second-order valence-corrected chi connectivity index (χ2v) is 8.20. The van der Waals surface area contributed by atoms with E-state index in [1.54, 1.807) is 26.1 Å². The molecule has 0 amide bonds. The molecule has 1 unspecified atom stereocenters. The van der Waals surface area contributed by atoms with E-state index >= 15 is 0 Å². The zero-order valence-corrected chi connectivity index (χ0v) is 13.5. The number of rotatable bonds is 5. The van der Waals surface area contributed by atoms with Crippen LogP contribution in [-0.2, 0) is 11.0 Å². The molecule has 4 nitrogen and oxygen atoms in total. The van der Waals surface area contributed by atoms with Crippen LogP contribution in [0.2, 0.25) is 0 Å². The Morgan fingerprint density at radius 3 is 2.50 bits per heavy atom. The standard InChI is InChI=1S/C15H23NO3S/c1-14(2,3)20(18)16-10-12-7-6-8-13(9-12)19-11-15(4,5)17/h6-10,17H,11H2,1-5H3. The molecule has 0 fully saturated rings. The summed E-state index contributed by atoms with van der Waals surface area (Å²) in [5, 5.41) is 9.62. The Bertz CT molecular complexity index is 499. The van der Waals surface area contributed by atoms with E-state index in [0.717, 1.165) is 5.56 Å². The van der Waals surface area contributed by atoms with E-state index in [4.69, 9.17) is 4.74 Å². The van der Waals surface area contributed by atoms with Crippen molar-refractivity contribution in [2.24, 2.45) is 4.40 Å². The van der Waals surface area contributed by atoms with Crippen molar-refractivity contribution in [2.45, 2.75) is 45.0 Å². The van der Waals surface area contributed by atoms with Gasteiger partial charge in [0.15, 0.2) is 0 Å². The molecule has 20 heavy (non-hydrogen) atoms. The summed E-state index contributed by atoms with van der Waals surface area (Å²) in [5.74, 6) is 0.651. The molecule has 112 valence electrons. The molecule has 0 radical (unpaired) electrons. The lowest BCUT2D eigenvalue weighted by Gasteiger charge is -2.17. The van der Waals surface area contributed by atoms with Crippen LogP contribution in [0.1, 0.15) is 40.2 Å². The quantitative estimate of drug-likeness (QED) is 0.850. The maximum atomic E-state index is 11.8. The molecule has 0 aliphatic carbocycles. The fourth-order valence-electron chi connectivity index (χ4n) is 1.21. The third kappa shape index (κ3) is 6.30. The molecule has 1 aromatic rings. The summed E-state index contributed by atoms with van der Waals surface area (Å²) >= 11 is 0. The summed E-state index contributed by atoms with van der Waals surface area (Å²) in [4.78, 5) is 0. The molecule has 1 N–H and O–H groups in total. The monoisotopic (exact) mass is 297 g/mol. The van der Waals surface area contributed by atoms with Gasteiger partial charge in [-0.15, -0.1) is 0 Å². The van der Waals surface area contributed by atoms with Crippen molar-refractivity contribution in [2.75, 3.05) is 6.61 Å². The Morgan fingerprint density at radius 1 is 1.30 bits per heavy atom. The zero-order chi connectivity index (χ0) is 15.4. The van der Waals surface area contributed by atoms with Gasteiger partial charge in [0.05, 0.1) is 10.3 Å². The van der Waals surface area contributed by atoms with E-state index in [9.17, 15) is 9.32 Å². The van der Waals surface area contributed by atoms with E-state index in [1.807, 2.05) is 39.0 Å². The maximum absolute atomic E-state index is 11.8. The molecule has 1 aromatic carbocycles. The van der Waals surface area contributed by atoms with Gasteiger partial charge in [-0.05, 0) is 52.3 Å². The highest BCUT2D eigenvalue weighted by Crippen LogP contribution is 2.16. The molecule has 1 atom stereocenters. The molecule has 0 aliphatic rings. The largest absolute Gasteiger partial charge is 0.491 e. The number of hydrogen-bond donors (Lipinski definition) is 1. The second kappa shape index (κ2) is 6.50. The minimum atomic E-state index is -1.27. The Morgan fingerprint density at radius 2 is 1.95 bits per heavy atom. The highest BCUT2D eigenvalue weighted by molar-refractivity contribution is 7.85. The van der Waals surface area contributed by atoms with Gasteiger partial charge in [-0.3, -0.25) is 0 Å². The summed E-state index contributed by atoms with van der Waals surface area (Å²) in [6, 6.07) is 7.31. The molecule has 0 bridgehead atoms. The van der Waals surface area contributed by atoms with Gasteiger partial charge < -0.3 is 9.84 Å². The fourth-order valence-corrected chi connectivity index (χ4v) is 1.75. The molecule has 0 heterocycles. The topological polar surface area (TPSA) is 58.9 Å². The Hall–Kier alpha value is -1.20. The van der Waals surface area contributed by atoms with Gasteiger partial charge in [0.25, 0.3) is 0 Å². The van der Waals surface area contributed by atoms with Gasteiger partial charge in [0, 0.05) is 6.21 Å². The summed E-state index contributed by atoms with van der Waals surface area (Å²) in [6.07, 6.45) is 1.58. The van der Waals surface area contributed by atoms with Gasteiger partial charge in [0.2, 0.25) is 0 Å². The van der Waals surface area contributed by atoms with Crippen molar-refractivity contribution in [3.63, 3.8) is 0 Å². The smallest absolute Gasteiger partial charge is 0.144 e. The van der Waals surface area contributed by atoms with Crippen molar-refractivity contribution in [3.8, 4) is 5.75 Å². The second-order valence-electron chi connectivity index (χ2n) is 6.27. The normalized spacial score (nSPS) is 14.5. The van der Waals surface area contributed by atoms with E-state index in [-0.39, 0.29) is 11.4 Å². The van der Waals surface area contributed by atoms with Crippen molar-refractivity contribution < 1.29 is 14.1 Å². The molecule has 5 heteroatoms. The molecular weight excluding hydrogens is 274 g/mol. The average Bonchev–Trinajstić information content (AvgIpc) is 2.32. The molecule has 0 saturated carbocycles. The maximum Gasteiger partial charge on any atom is 0.144 e. The highest BCUT2D eigenvalue weighted by atomic mass is 32.2. The van der Waals surface area contributed by atoms with Crippen LogP contribution in [0.3, 0.4) is 0 Å². The van der Waals surface area contributed by atoms with Crippen LogP contribution < -0.4 is 4.74 Å². The van der Waals surface area contributed by atoms with Gasteiger partial charge in [-0.25, -0.2) is 4.21 Å². The number of nitrogens with zero attached hydrogens (tertiary/aromatic N) is 1. The van der Waals surface area contributed by atoms with Gasteiger partial charge in [-0.1, -0.05) is 12.1 Å².